The highest BCUT2D eigenvalue weighted by Crippen LogP contribution is 2.34. The first kappa shape index (κ1) is 23.1. The van der Waals surface area contributed by atoms with Gasteiger partial charge in [-0.2, -0.15) is 0 Å². The van der Waals surface area contributed by atoms with Crippen LogP contribution in [0.1, 0.15) is 28.8 Å². The molecule has 7 aromatic rings. The number of allylic oxidation sites excluding steroid dienone is 1. The van der Waals surface area contributed by atoms with E-state index in [1.54, 1.807) is 0 Å². The molecule has 0 saturated carbocycles. The van der Waals surface area contributed by atoms with Crippen LogP contribution in [0.4, 0.5) is 0 Å². The van der Waals surface area contributed by atoms with Crippen molar-refractivity contribution in [1.29, 1.82) is 0 Å². The molecule has 0 unspecified atom stereocenters. The number of benzene rings is 5. The molecule has 40 heavy (non-hydrogen) atoms. The zero-order valence-corrected chi connectivity index (χ0v) is 22.4. The van der Waals surface area contributed by atoms with Gasteiger partial charge in [0.2, 0.25) is 0 Å². The Balaban J connectivity index is 1.04. The molecule has 5 aromatic carbocycles. The Morgan fingerprint density at radius 2 is 0.950 bits per heavy atom. The summed E-state index contributed by atoms with van der Waals surface area (Å²) in [7, 11) is 0. The minimum absolute atomic E-state index is 1.03. The lowest BCUT2D eigenvalue weighted by Crippen LogP contribution is -2.03. The number of nitrogens with zero attached hydrogens (tertiary/aromatic N) is 2. The fourth-order valence-electron chi connectivity index (χ4n) is 6.58. The maximum absolute atomic E-state index is 2.46. The van der Waals surface area contributed by atoms with Crippen molar-refractivity contribution in [1.82, 2.24) is 9.13 Å². The van der Waals surface area contributed by atoms with E-state index >= 15 is 0 Å². The van der Waals surface area contributed by atoms with Gasteiger partial charge in [0.25, 0.3) is 0 Å². The van der Waals surface area contributed by atoms with Crippen LogP contribution in [0, 0.1) is 0 Å². The summed E-state index contributed by atoms with van der Waals surface area (Å²) in [6.45, 7) is 0. The summed E-state index contributed by atoms with van der Waals surface area (Å²) in [6, 6.07) is 44.5. The normalized spacial score (nSPS) is 12.9. The average molecular weight is 515 g/mol. The van der Waals surface area contributed by atoms with Crippen LogP contribution in [-0.4, -0.2) is 9.13 Å². The van der Waals surface area contributed by atoms with E-state index in [-0.39, 0.29) is 0 Å². The predicted octanol–water partition coefficient (Wildman–Crippen LogP) is 9.47. The van der Waals surface area contributed by atoms with E-state index < -0.39 is 0 Å². The van der Waals surface area contributed by atoms with Crippen LogP contribution < -0.4 is 0 Å². The molecule has 2 nitrogen and oxygen atoms in total. The zero-order valence-electron chi connectivity index (χ0n) is 22.4. The van der Waals surface area contributed by atoms with Gasteiger partial charge in [0.05, 0.1) is 16.6 Å². The number of para-hydroxylation sites is 3. The third-order valence-corrected chi connectivity index (χ3v) is 8.52. The standard InChI is InChI=1S/C38H30N2/c1-5-13-35-31(9-1)32-10-2-6-14-36(32)39(35)29-23-19-27(20-24-29)17-18-28-21-25-30(26-22-28)40-37-15-7-3-11-33(37)34-12-4-8-16-38(34)40/h1-7,9-15,19-26H,8,16-18H2. The number of aryl methyl sites for hydroxylation is 2. The van der Waals surface area contributed by atoms with Crippen LogP contribution in [-0.2, 0) is 19.3 Å². The largest absolute Gasteiger partial charge is 0.313 e. The Kier molecular flexibility index (Phi) is 5.44. The lowest BCUT2D eigenvalue weighted by Gasteiger charge is -2.14. The summed E-state index contributed by atoms with van der Waals surface area (Å²) in [4.78, 5) is 0. The van der Waals surface area contributed by atoms with Gasteiger partial charge in [0, 0.05) is 38.8 Å². The second-order valence-electron chi connectivity index (χ2n) is 10.9. The van der Waals surface area contributed by atoms with Crippen molar-refractivity contribution in [3.8, 4) is 11.4 Å². The molecule has 0 saturated heterocycles. The van der Waals surface area contributed by atoms with Gasteiger partial charge in [0.15, 0.2) is 0 Å². The molecule has 8 rings (SSSR count). The third-order valence-electron chi connectivity index (χ3n) is 8.52. The summed E-state index contributed by atoms with van der Waals surface area (Å²) in [5, 5.41) is 3.95. The molecule has 2 heteroatoms. The second-order valence-corrected chi connectivity index (χ2v) is 10.9. The smallest absolute Gasteiger partial charge is 0.0541 e. The summed E-state index contributed by atoms with van der Waals surface area (Å²) >= 11 is 0. The summed E-state index contributed by atoms with van der Waals surface area (Å²) in [6.07, 6.45) is 8.86. The Morgan fingerprint density at radius 1 is 0.475 bits per heavy atom. The van der Waals surface area contributed by atoms with Gasteiger partial charge in [-0.1, -0.05) is 91.0 Å². The van der Waals surface area contributed by atoms with E-state index in [4.69, 9.17) is 0 Å². The number of rotatable bonds is 5. The van der Waals surface area contributed by atoms with E-state index in [0.717, 1.165) is 25.7 Å². The monoisotopic (exact) mass is 514 g/mol. The van der Waals surface area contributed by atoms with Gasteiger partial charge < -0.3 is 9.13 Å². The molecular formula is C38H30N2. The number of hydrogen-bond acceptors (Lipinski definition) is 0. The van der Waals surface area contributed by atoms with Crippen molar-refractivity contribution in [3.63, 3.8) is 0 Å². The highest BCUT2D eigenvalue weighted by molar-refractivity contribution is 6.09. The fourth-order valence-corrected chi connectivity index (χ4v) is 6.58. The molecule has 0 amide bonds. The topological polar surface area (TPSA) is 9.86 Å². The Bertz CT molecular complexity index is 1980. The van der Waals surface area contributed by atoms with Gasteiger partial charge >= 0.3 is 0 Å². The molecule has 0 aliphatic heterocycles. The molecule has 0 atom stereocenters. The minimum Gasteiger partial charge on any atom is -0.313 e. The molecule has 0 N–H and O–H groups in total. The van der Waals surface area contributed by atoms with Crippen molar-refractivity contribution < 1.29 is 0 Å². The maximum atomic E-state index is 2.46. The average Bonchev–Trinajstić information content (AvgIpc) is 3.54. The lowest BCUT2D eigenvalue weighted by atomic mass is 10.0. The molecule has 2 heterocycles. The molecule has 1 aliphatic rings. The molecular weight excluding hydrogens is 484 g/mol. The maximum Gasteiger partial charge on any atom is 0.0541 e. The Morgan fingerprint density at radius 3 is 1.52 bits per heavy atom. The fraction of sp³-hybridized carbons (Fsp3) is 0.105. The van der Waals surface area contributed by atoms with Crippen molar-refractivity contribution in [2.45, 2.75) is 25.7 Å². The quantitative estimate of drug-likeness (QED) is 0.216. The van der Waals surface area contributed by atoms with Crippen LogP contribution in [0.2, 0.25) is 0 Å². The molecule has 1 aliphatic carbocycles. The van der Waals surface area contributed by atoms with Gasteiger partial charge in [-0.3, -0.25) is 0 Å². The van der Waals surface area contributed by atoms with Crippen LogP contribution in [0.5, 0.6) is 0 Å². The van der Waals surface area contributed by atoms with Crippen molar-refractivity contribution in [3.05, 3.63) is 150 Å². The van der Waals surface area contributed by atoms with Crippen molar-refractivity contribution in [2.75, 3.05) is 0 Å². The molecule has 0 bridgehead atoms. The minimum atomic E-state index is 1.03. The summed E-state index contributed by atoms with van der Waals surface area (Å²) in [5.74, 6) is 0. The SMILES string of the molecule is C1=Cc2c(n(-c3ccc(CCc4ccc(-n5c6ccccc6c6ccccc65)cc4)cc3)c3ccccc23)CC1. The van der Waals surface area contributed by atoms with E-state index in [2.05, 4.69) is 143 Å². The number of aromatic nitrogens is 2. The van der Waals surface area contributed by atoms with E-state index in [9.17, 15) is 0 Å². The van der Waals surface area contributed by atoms with Crippen LogP contribution in [0.25, 0.3) is 50.2 Å². The number of fused-ring (bicyclic) bond motifs is 6. The van der Waals surface area contributed by atoms with Gasteiger partial charge in [0.1, 0.15) is 0 Å². The summed E-state index contributed by atoms with van der Waals surface area (Å²) in [5.41, 5.74) is 11.8. The Hall–Kier alpha value is -4.82. The van der Waals surface area contributed by atoms with Gasteiger partial charge in [-0.15, -0.1) is 0 Å². The van der Waals surface area contributed by atoms with Crippen molar-refractivity contribution >= 4 is 38.8 Å². The lowest BCUT2D eigenvalue weighted by molar-refractivity contribution is 0.886. The number of hydrogen-bond donors (Lipinski definition) is 0. The van der Waals surface area contributed by atoms with E-state index in [1.807, 2.05) is 0 Å². The first-order chi connectivity index (χ1) is 19.8. The second kappa shape index (κ2) is 9.43. The highest BCUT2D eigenvalue weighted by Gasteiger charge is 2.18. The van der Waals surface area contributed by atoms with E-state index in [0.29, 0.717) is 0 Å². The Labute approximate surface area is 234 Å². The third kappa shape index (κ3) is 3.71. The summed E-state index contributed by atoms with van der Waals surface area (Å²) < 4.78 is 4.85. The first-order valence-corrected chi connectivity index (χ1v) is 14.3. The molecule has 0 spiro atoms. The molecule has 0 fully saturated rings. The predicted molar refractivity (Wildman–Crippen MR) is 169 cm³/mol. The molecule has 192 valence electrons. The van der Waals surface area contributed by atoms with Gasteiger partial charge in [-0.05, 0) is 79.3 Å². The van der Waals surface area contributed by atoms with Gasteiger partial charge in [-0.25, -0.2) is 0 Å². The van der Waals surface area contributed by atoms with Crippen LogP contribution in [0.3, 0.4) is 0 Å². The van der Waals surface area contributed by atoms with Crippen molar-refractivity contribution in [2.24, 2.45) is 0 Å². The molecule has 2 aromatic heterocycles. The molecule has 0 radical (unpaired) electrons. The van der Waals surface area contributed by atoms with Crippen LogP contribution in [0.15, 0.2) is 127 Å². The van der Waals surface area contributed by atoms with Crippen LogP contribution >= 0.6 is 0 Å². The first-order valence-electron chi connectivity index (χ1n) is 14.3. The zero-order chi connectivity index (χ0) is 26.5. The highest BCUT2D eigenvalue weighted by atomic mass is 15.0. The van der Waals surface area contributed by atoms with E-state index in [1.165, 1.54) is 66.5 Å².